The first-order chi connectivity index (χ1) is 12.5. The summed E-state index contributed by atoms with van der Waals surface area (Å²) in [5.41, 5.74) is 0. The molecule has 6 nitrogen and oxygen atoms in total. The summed E-state index contributed by atoms with van der Waals surface area (Å²) >= 11 is 0. The zero-order valence-electron chi connectivity index (χ0n) is 16.8. The highest BCUT2D eigenvalue weighted by Crippen LogP contribution is 2.09. The number of carbonyl (C=O) groups excluding carboxylic acids is 3. The number of ether oxygens (including phenoxy) is 2. The van der Waals surface area contributed by atoms with Crippen LogP contribution in [0.2, 0.25) is 0 Å². The Bertz CT molecular complexity index is 374. The first-order valence-electron chi connectivity index (χ1n) is 10.1. The van der Waals surface area contributed by atoms with Gasteiger partial charge in [0.2, 0.25) is 5.91 Å². The van der Waals surface area contributed by atoms with E-state index >= 15 is 0 Å². The SMILES string of the molecule is CCC1CCC(=O)N1.CCOC(=O)CCCCCCCCC(=O)OCC. The number of esters is 2. The van der Waals surface area contributed by atoms with Crippen molar-refractivity contribution in [2.24, 2.45) is 0 Å². The highest BCUT2D eigenvalue weighted by atomic mass is 16.5. The molecule has 1 fully saturated rings. The van der Waals surface area contributed by atoms with Crippen molar-refractivity contribution in [1.29, 1.82) is 0 Å². The van der Waals surface area contributed by atoms with E-state index in [1.807, 2.05) is 13.8 Å². The number of nitrogens with one attached hydrogen (secondary N) is 1. The predicted octanol–water partition coefficient (Wildman–Crippen LogP) is 3.91. The van der Waals surface area contributed by atoms with Crippen molar-refractivity contribution >= 4 is 17.8 Å². The van der Waals surface area contributed by atoms with Gasteiger partial charge in [0, 0.05) is 25.3 Å². The average Bonchev–Trinajstić information content (AvgIpc) is 3.04. The third-order valence-corrected chi connectivity index (χ3v) is 4.20. The molecular formula is C20H37NO5. The average molecular weight is 372 g/mol. The molecule has 6 heteroatoms. The summed E-state index contributed by atoms with van der Waals surface area (Å²) in [6, 6.07) is 0.475. The molecule has 152 valence electrons. The van der Waals surface area contributed by atoms with E-state index in [1.165, 1.54) is 0 Å². The molecule has 1 saturated heterocycles. The fourth-order valence-electron chi connectivity index (χ4n) is 2.70. The first kappa shape index (κ1) is 24.4. The van der Waals surface area contributed by atoms with Crippen molar-refractivity contribution in [3.8, 4) is 0 Å². The topological polar surface area (TPSA) is 81.7 Å². The fourth-order valence-corrected chi connectivity index (χ4v) is 2.70. The van der Waals surface area contributed by atoms with Gasteiger partial charge in [0.05, 0.1) is 13.2 Å². The number of amides is 1. The first-order valence-corrected chi connectivity index (χ1v) is 10.1. The molecule has 1 unspecified atom stereocenters. The van der Waals surface area contributed by atoms with E-state index < -0.39 is 0 Å². The molecule has 0 aromatic carbocycles. The predicted molar refractivity (Wildman–Crippen MR) is 102 cm³/mol. The zero-order chi connectivity index (χ0) is 19.6. The second-order valence-electron chi connectivity index (χ2n) is 6.44. The summed E-state index contributed by atoms with van der Waals surface area (Å²) in [5.74, 6) is 0.0245. The molecule has 1 rings (SSSR count). The lowest BCUT2D eigenvalue weighted by Gasteiger charge is -2.03. The van der Waals surface area contributed by atoms with Crippen LogP contribution in [0, 0.1) is 0 Å². The maximum absolute atomic E-state index is 11.0. The van der Waals surface area contributed by atoms with Crippen molar-refractivity contribution in [1.82, 2.24) is 5.32 Å². The molecule has 0 aromatic heterocycles. The van der Waals surface area contributed by atoms with Crippen LogP contribution in [0.1, 0.15) is 91.4 Å². The van der Waals surface area contributed by atoms with Gasteiger partial charge in [0.15, 0.2) is 0 Å². The van der Waals surface area contributed by atoms with Crippen molar-refractivity contribution in [3.05, 3.63) is 0 Å². The standard InChI is InChI=1S/C14H26O4.C6H11NO/c1-3-17-13(15)11-9-7-5-6-8-10-12-14(16)18-4-2;1-2-5-3-4-6(8)7-5/h3-12H2,1-2H3;5H,2-4H2,1H3,(H,7,8). The minimum absolute atomic E-state index is 0.0974. The Kier molecular flexibility index (Phi) is 15.8. The van der Waals surface area contributed by atoms with E-state index in [9.17, 15) is 14.4 Å². The summed E-state index contributed by atoms with van der Waals surface area (Å²) in [6.07, 6.45) is 10.0. The van der Waals surface area contributed by atoms with Crippen LogP contribution in [-0.4, -0.2) is 37.1 Å². The van der Waals surface area contributed by atoms with Gasteiger partial charge in [-0.1, -0.05) is 32.6 Å². The molecule has 0 bridgehead atoms. The molecule has 0 saturated carbocycles. The Labute approximate surface area is 158 Å². The zero-order valence-corrected chi connectivity index (χ0v) is 16.8. The van der Waals surface area contributed by atoms with Gasteiger partial charge in [-0.05, 0) is 39.5 Å². The maximum Gasteiger partial charge on any atom is 0.305 e. The molecule has 1 aliphatic rings. The summed E-state index contributed by atoms with van der Waals surface area (Å²) in [7, 11) is 0. The minimum Gasteiger partial charge on any atom is -0.466 e. The molecule has 0 aliphatic carbocycles. The summed E-state index contributed by atoms with van der Waals surface area (Å²) in [4.78, 5) is 32.6. The van der Waals surface area contributed by atoms with E-state index in [4.69, 9.17) is 9.47 Å². The van der Waals surface area contributed by atoms with Gasteiger partial charge < -0.3 is 14.8 Å². The van der Waals surface area contributed by atoms with Crippen LogP contribution in [-0.2, 0) is 23.9 Å². The Morgan fingerprint density at radius 3 is 1.65 bits per heavy atom. The monoisotopic (exact) mass is 371 g/mol. The third kappa shape index (κ3) is 14.7. The highest BCUT2D eigenvalue weighted by molar-refractivity contribution is 5.78. The highest BCUT2D eigenvalue weighted by Gasteiger charge is 2.17. The summed E-state index contributed by atoms with van der Waals surface area (Å²) < 4.78 is 9.69. The fraction of sp³-hybridized carbons (Fsp3) is 0.850. The van der Waals surface area contributed by atoms with Gasteiger partial charge in [-0.25, -0.2) is 0 Å². The van der Waals surface area contributed by atoms with Crippen LogP contribution in [0.15, 0.2) is 0 Å². The second-order valence-corrected chi connectivity index (χ2v) is 6.44. The van der Waals surface area contributed by atoms with Crippen LogP contribution < -0.4 is 5.32 Å². The molecule has 1 atom stereocenters. The lowest BCUT2D eigenvalue weighted by molar-refractivity contribution is -0.144. The van der Waals surface area contributed by atoms with Crippen LogP contribution >= 0.6 is 0 Å². The molecule has 1 N–H and O–H groups in total. The van der Waals surface area contributed by atoms with Gasteiger partial charge in [0.25, 0.3) is 0 Å². The number of rotatable bonds is 12. The van der Waals surface area contributed by atoms with E-state index in [0.717, 1.165) is 57.8 Å². The lowest BCUT2D eigenvalue weighted by atomic mass is 10.1. The molecule has 26 heavy (non-hydrogen) atoms. The molecule has 1 amide bonds. The van der Waals surface area contributed by atoms with Crippen LogP contribution in [0.3, 0.4) is 0 Å². The second kappa shape index (κ2) is 16.9. The van der Waals surface area contributed by atoms with E-state index in [1.54, 1.807) is 0 Å². The van der Waals surface area contributed by atoms with Crippen LogP contribution in [0.25, 0.3) is 0 Å². The van der Waals surface area contributed by atoms with Gasteiger partial charge in [-0.3, -0.25) is 14.4 Å². The van der Waals surface area contributed by atoms with E-state index in [0.29, 0.717) is 32.1 Å². The lowest BCUT2D eigenvalue weighted by Crippen LogP contribution is -2.23. The Hall–Kier alpha value is -1.59. The Balaban J connectivity index is 0.000000642. The van der Waals surface area contributed by atoms with Gasteiger partial charge in [-0.2, -0.15) is 0 Å². The van der Waals surface area contributed by atoms with Crippen molar-refractivity contribution < 1.29 is 23.9 Å². The summed E-state index contributed by atoms with van der Waals surface area (Å²) in [5, 5.41) is 2.86. The molecule has 0 radical (unpaired) electrons. The van der Waals surface area contributed by atoms with Gasteiger partial charge in [0.1, 0.15) is 0 Å². The third-order valence-electron chi connectivity index (χ3n) is 4.20. The summed E-state index contributed by atoms with van der Waals surface area (Å²) in [6.45, 7) is 6.67. The van der Waals surface area contributed by atoms with Crippen LogP contribution in [0.5, 0.6) is 0 Å². The number of unbranched alkanes of at least 4 members (excludes halogenated alkanes) is 5. The van der Waals surface area contributed by atoms with Crippen molar-refractivity contribution in [2.45, 2.75) is 97.4 Å². The van der Waals surface area contributed by atoms with Gasteiger partial charge >= 0.3 is 11.9 Å². The molecular weight excluding hydrogens is 334 g/mol. The largest absolute Gasteiger partial charge is 0.466 e. The molecule has 0 spiro atoms. The van der Waals surface area contributed by atoms with Gasteiger partial charge in [-0.15, -0.1) is 0 Å². The van der Waals surface area contributed by atoms with E-state index in [-0.39, 0.29) is 17.8 Å². The molecule has 1 heterocycles. The molecule has 1 aliphatic heterocycles. The Morgan fingerprint density at radius 2 is 1.35 bits per heavy atom. The van der Waals surface area contributed by atoms with Crippen molar-refractivity contribution in [2.75, 3.05) is 13.2 Å². The normalized spacial score (nSPS) is 15.7. The number of hydrogen-bond acceptors (Lipinski definition) is 5. The number of hydrogen-bond donors (Lipinski definition) is 1. The van der Waals surface area contributed by atoms with Crippen molar-refractivity contribution in [3.63, 3.8) is 0 Å². The maximum atomic E-state index is 11.0. The van der Waals surface area contributed by atoms with E-state index in [2.05, 4.69) is 12.2 Å². The minimum atomic E-state index is -0.0974. The number of carbonyl (C=O) groups is 3. The van der Waals surface area contributed by atoms with Crippen LogP contribution in [0.4, 0.5) is 0 Å². The smallest absolute Gasteiger partial charge is 0.305 e. The molecule has 0 aromatic rings. The Morgan fingerprint density at radius 1 is 0.885 bits per heavy atom. The quantitative estimate of drug-likeness (QED) is 0.415.